The van der Waals surface area contributed by atoms with Crippen LogP contribution in [-0.4, -0.2) is 53.3 Å². The van der Waals surface area contributed by atoms with Crippen molar-refractivity contribution in [3.8, 4) is 11.5 Å². The SMILES string of the molecule is CCOc1cc2ncc(C(N)=O)c(Nc3cccc(CN4CCCCC4CO)c3CC)c2cc1OCC. The molecule has 4 rings (SSSR count). The fourth-order valence-electron chi connectivity index (χ4n) is 5.20. The highest BCUT2D eigenvalue weighted by molar-refractivity contribution is 6.08. The average Bonchev–Trinajstić information content (AvgIpc) is 2.90. The van der Waals surface area contributed by atoms with Crippen molar-refractivity contribution in [2.45, 2.75) is 59.0 Å². The van der Waals surface area contributed by atoms with E-state index in [1.807, 2.05) is 38.1 Å². The third-order valence-electron chi connectivity index (χ3n) is 7.02. The first-order valence-corrected chi connectivity index (χ1v) is 13.2. The number of aromatic nitrogens is 1. The van der Waals surface area contributed by atoms with Crippen LogP contribution in [0.2, 0.25) is 0 Å². The molecule has 8 heteroatoms. The Morgan fingerprint density at radius 1 is 1.16 bits per heavy atom. The molecule has 198 valence electrons. The van der Waals surface area contributed by atoms with E-state index in [0.29, 0.717) is 41.5 Å². The lowest BCUT2D eigenvalue weighted by Crippen LogP contribution is -2.41. The molecule has 1 fully saturated rings. The Balaban J connectivity index is 1.79. The molecule has 2 aromatic carbocycles. The summed E-state index contributed by atoms with van der Waals surface area (Å²) in [6, 6.07) is 10.1. The molecule has 1 unspecified atom stereocenters. The summed E-state index contributed by atoms with van der Waals surface area (Å²) in [7, 11) is 0. The molecule has 0 radical (unpaired) electrons. The number of anilines is 2. The number of nitrogens with zero attached hydrogens (tertiary/aromatic N) is 2. The summed E-state index contributed by atoms with van der Waals surface area (Å²) < 4.78 is 11.6. The average molecular weight is 507 g/mol. The quantitative estimate of drug-likeness (QED) is 0.343. The minimum absolute atomic E-state index is 0.177. The van der Waals surface area contributed by atoms with Gasteiger partial charge in [-0.2, -0.15) is 0 Å². The molecule has 1 aliphatic heterocycles. The number of likely N-dealkylation sites (tertiary alicyclic amines) is 1. The first-order valence-electron chi connectivity index (χ1n) is 13.2. The lowest BCUT2D eigenvalue weighted by atomic mass is 9.98. The van der Waals surface area contributed by atoms with E-state index in [0.717, 1.165) is 49.8 Å². The van der Waals surface area contributed by atoms with Crippen LogP contribution in [0.4, 0.5) is 11.4 Å². The van der Waals surface area contributed by atoms with Gasteiger partial charge in [0.15, 0.2) is 11.5 Å². The Labute approximate surface area is 218 Å². The van der Waals surface area contributed by atoms with Crippen molar-refractivity contribution in [2.24, 2.45) is 5.73 Å². The number of carbonyl (C=O) groups is 1. The second-order valence-corrected chi connectivity index (χ2v) is 9.32. The maximum absolute atomic E-state index is 12.4. The van der Waals surface area contributed by atoms with Gasteiger partial charge in [0.2, 0.25) is 0 Å². The number of pyridine rings is 1. The van der Waals surface area contributed by atoms with Crippen LogP contribution in [-0.2, 0) is 13.0 Å². The lowest BCUT2D eigenvalue weighted by molar-refractivity contribution is 0.0839. The third-order valence-corrected chi connectivity index (χ3v) is 7.02. The number of nitrogens with one attached hydrogen (secondary N) is 1. The molecule has 1 aliphatic rings. The number of rotatable bonds is 11. The second-order valence-electron chi connectivity index (χ2n) is 9.32. The largest absolute Gasteiger partial charge is 0.490 e. The number of fused-ring (bicyclic) bond motifs is 1. The molecule has 1 amide bonds. The second kappa shape index (κ2) is 12.3. The van der Waals surface area contributed by atoms with E-state index in [-0.39, 0.29) is 12.6 Å². The number of benzene rings is 2. The maximum Gasteiger partial charge on any atom is 0.252 e. The van der Waals surface area contributed by atoms with Gasteiger partial charge in [-0.15, -0.1) is 0 Å². The van der Waals surface area contributed by atoms with Crippen molar-refractivity contribution in [2.75, 3.05) is 31.7 Å². The minimum Gasteiger partial charge on any atom is -0.490 e. The summed E-state index contributed by atoms with van der Waals surface area (Å²) in [5.74, 6) is 0.642. The summed E-state index contributed by atoms with van der Waals surface area (Å²) in [6.07, 6.45) is 5.64. The van der Waals surface area contributed by atoms with Gasteiger partial charge in [-0.05, 0) is 62.9 Å². The minimum atomic E-state index is -0.558. The monoisotopic (exact) mass is 506 g/mol. The highest BCUT2D eigenvalue weighted by atomic mass is 16.5. The van der Waals surface area contributed by atoms with Gasteiger partial charge in [-0.25, -0.2) is 0 Å². The zero-order valence-corrected chi connectivity index (χ0v) is 22.0. The van der Waals surface area contributed by atoms with Crippen LogP contribution in [0, 0.1) is 0 Å². The Morgan fingerprint density at radius 3 is 2.59 bits per heavy atom. The van der Waals surface area contributed by atoms with Crippen LogP contribution in [0.5, 0.6) is 11.5 Å². The molecule has 2 heterocycles. The van der Waals surface area contributed by atoms with E-state index < -0.39 is 5.91 Å². The van der Waals surface area contributed by atoms with E-state index in [9.17, 15) is 9.90 Å². The van der Waals surface area contributed by atoms with Gasteiger partial charge in [0.05, 0.1) is 36.6 Å². The van der Waals surface area contributed by atoms with Crippen LogP contribution in [0.25, 0.3) is 10.9 Å². The summed E-state index contributed by atoms with van der Waals surface area (Å²) >= 11 is 0. The highest BCUT2D eigenvalue weighted by Gasteiger charge is 2.23. The van der Waals surface area contributed by atoms with Gasteiger partial charge in [0.1, 0.15) is 0 Å². The number of primary amides is 1. The van der Waals surface area contributed by atoms with Crippen molar-refractivity contribution in [1.29, 1.82) is 0 Å². The number of carbonyl (C=O) groups excluding carboxylic acids is 1. The normalized spacial score (nSPS) is 16.1. The fourth-order valence-corrected chi connectivity index (χ4v) is 5.20. The van der Waals surface area contributed by atoms with Crippen molar-refractivity contribution >= 4 is 28.2 Å². The highest BCUT2D eigenvalue weighted by Crippen LogP contribution is 2.38. The fraction of sp³-hybridized carbons (Fsp3) is 0.448. The standard InChI is InChI=1S/C29H38N4O4/c1-4-21-19(17-33-13-8-7-11-20(33)18-34)10-9-12-24(21)32-28-22-14-26(36-5-2)27(37-6-3)15-25(22)31-16-23(28)29(30)35/h9-10,12,14-16,20,34H,4-8,11,13,17-18H2,1-3H3,(H2,30,35)(H,31,32). The zero-order chi connectivity index (χ0) is 26.4. The number of hydrogen-bond donors (Lipinski definition) is 3. The van der Waals surface area contributed by atoms with Gasteiger partial charge in [0.25, 0.3) is 5.91 Å². The number of aliphatic hydroxyl groups excluding tert-OH is 1. The van der Waals surface area contributed by atoms with E-state index in [4.69, 9.17) is 15.2 Å². The summed E-state index contributed by atoms with van der Waals surface area (Å²) in [5, 5.41) is 14.2. The van der Waals surface area contributed by atoms with Crippen molar-refractivity contribution in [3.63, 3.8) is 0 Å². The Hall–Kier alpha value is -3.36. The maximum atomic E-state index is 12.4. The van der Waals surface area contributed by atoms with E-state index in [2.05, 4.69) is 28.2 Å². The van der Waals surface area contributed by atoms with Crippen LogP contribution in [0.3, 0.4) is 0 Å². The van der Waals surface area contributed by atoms with Gasteiger partial charge in [0, 0.05) is 35.9 Å². The first-order chi connectivity index (χ1) is 18.0. The number of hydrogen-bond acceptors (Lipinski definition) is 7. The van der Waals surface area contributed by atoms with Gasteiger partial charge in [-0.3, -0.25) is 14.7 Å². The molecule has 8 nitrogen and oxygen atoms in total. The number of piperidine rings is 1. The number of ether oxygens (including phenoxy) is 2. The molecule has 1 saturated heterocycles. The molecule has 3 aromatic rings. The first kappa shape index (κ1) is 26.7. The van der Waals surface area contributed by atoms with Crippen LogP contribution >= 0.6 is 0 Å². The van der Waals surface area contributed by atoms with Gasteiger partial charge < -0.3 is 25.6 Å². The van der Waals surface area contributed by atoms with Crippen LogP contribution in [0.1, 0.15) is 61.5 Å². The number of amides is 1. The van der Waals surface area contributed by atoms with Crippen molar-refractivity contribution < 1.29 is 19.4 Å². The molecular formula is C29H38N4O4. The molecule has 0 saturated carbocycles. The van der Waals surface area contributed by atoms with Crippen molar-refractivity contribution in [1.82, 2.24) is 9.88 Å². The molecule has 0 bridgehead atoms. The summed E-state index contributed by atoms with van der Waals surface area (Å²) in [6.45, 7) is 8.87. The Morgan fingerprint density at radius 2 is 1.92 bits per heavy atom. The molecule has 1 aromatic heterocycles. The molecule has 4 N–H and O–H groups in total. The third kappa shape index (κ3) is 5.81. The topological polar surface area (TPSA) is 110 Å². The molecule has 1 atom stereocenters. The summed E-state index contributed by atoms with van der Waals surface area (Å²) in [4.78, 5) is 19.3. The molecular weight excluding hydrogens is 468 g/mol. The van der Waals surface area contributed by atoms with E-state index >= 15 is 0 Å². The number of aliphatic hydroxyl groups is 1. The number of nitrogens with two attached hydrogens (primary N) is 1. The molecule has 0 aliphatic carbocycles. The predicted molar refractivity (Wildman–Crippen MR) is 147 cm³/mol. The summed E-state index contributed by atoms with van der Waals surface area (Å²) in [5.41, 5.74) is 10.7. The van der Waals surface area contributed by atoms with Gasteiger partial charge in [-0.1, -0.05) is 25.5 Å². The predicted octanol–water partition coefficient (Wildman–Crippen LogP) is 4.78. The molecule has 37 heavy (non-hydrogen) atoms. The lowest BCUT2D eigenvalue weighted by Gasteiger charge is -2.35. The molecule has 0 spiro atoms. The van der Waals surface area contributed by atoms with Crippen molar-refractivity contribution in [3.05, 3.63) is 53.2 Å². The van der Waals surface area contributed by atoms with Crippen LogP contribution < -0.4 is 20.5 Å². The van der Waals surface area contributed by atoms with Gasteiger partial charge >= 0.3 is 0 Å². The Kier molecular flexibility index (Phi) is 8.84. The Bertz CT molecular complexity index is 1250. The van der Waals surface area contributed by atoms with E-state index in [1.54, 1.807) is 0 Å². The van der Waals surface area contributed by atoms with Crippen LogP contribution in [0.15, 0.2) is 36.5 Å². The van der Waals surface area contributed by atoms with E-state index in [1.165, 1.54) is 17.3 Å². The zero-order valence-electron chi connectivity index (χ0n) is 22.0. The smallest absolute Gasteiger partial charge is 0.252 e.